The van der Waals surface area contributed by atoms with Gasteiger partial charge >= 0.3 is 0 Å². The highest BCUT2D eigenvalue weighted by Gasteiger charge is 2.37. The minimum absolute atomic E-state index is 0.0361. The molecule has 0 bridgehead atoms. The van der Waals surface area contributed by atoms with Gasteiger partial charge in [0.1, 0.15) is 0 Å². The molecule has 184 valence electrons. The third-order valence-electron chi connectivity index (χ3n) is 7.30. The van der Waals surface area contributed by atoms with Gasteiger partial charge in [-0.3, -0.25) is 4.79 Å². The molecule has 1 amide bonds. The van der Waals surface area contributed by atoms with E-state index in [2.05, 4.69) is 17.4 Å². The molecule has 4 rings (SSSR count). The first-order valence-corrected chi connectivity index (χ1v) is 14.0. The predicted molar refractivity (Wildman–Crippen MR) is 134 cm³/mol. The molecule has 2 aliphatic rings. The highest BCUT2D eigenvalue weighted by molar-refractivity contribution is 7.89. The van der Waals surface area contributed by atoms with E-state index in [-0.39, 0.29) is 29.5 Å². The van der Waals surface area contributed by atoms with Crippen LogP contribution < -0.4 is 5.32 Å². The zero-order valence-electron chi connectivity index (χ0n) is 19.8. The lowest BCUT2D eigenvalue weighted by atomic mass is 9.74. The molecule has 2 fully saturated rings. The van der Waals surface area contributed by atoms with E-state index in [4.69, 9.17) is 4.74 Å². The summed E-state index contributed by atoms with van der Waals surface area (Å²) in [5.74, 6) is -0.218. The van der Waals surface area contributed by atoms with Crippen LogP contribution in [0.2, 0.25) is 0 Å². The average molecular weight is 485 g/mol. The van der Waals surface area contributed by atoms with E-state index in [1.54, 1.807) is 0 Å². The second-order valence-electron chi connectivity index (χ2n) is 9.58. The van der Waals surface area contributed by atoms with Gasteiger partial charge in [-0.15, -0.1) is 0 Å². The van der Waals surface area contributed by atoms with Gasteiger partial charge in [0.2, 0.25) is 15.9 Å². The number of aryl methyl sites for hydroxylation is 1. The Morgan fingerprint density at radius 1 is 1.03 bits per heavy atom. The molecule has 2 saturated heterocycles. The number of piperidine rings is 1. The number of carbonyl (C=O) groups is 1. The summed E-state index contributed by atoms with van der Waals surface area (Å²) in [6, 6.07) is 20.3. The molecular formula is C27H36N2O4S. The first-order chi connectivity index (χ1) is 16.5. The monoisotopic (exact) mass is 484 g/mol. The van der Waals surface area contributed by atoms with E-state index in [0.29, 0.717) is 39.1 Å². The van der Waals surface area contributed by atoms with Crippen molar-refractivity contribution < 1.29 is 17.9 Å². The summed E-state index contributed by atoms with van der Waals surface area (Å²) in [6.45, 7) is 2.70. The molecule has 2 aliphatic heterocycles. The molecule has 34 heavy (non-hydrogen) atoms. The second-order valence-corrected chi connectivity index (χ2v) is 11.7. The van der Waals surface area contributed by atoms with Gasteiger partial charge in [-0.25, -0.2) is 12.7 Å². The van der Waals surface area contributed by atoms with Crippen LogP contribution >= 0.6 is 0 Å². The molecular weight excluding hydrogens is 448 g/mol. The van der Waals surface area contributed by atoms with Gasteiger partial charge in [-0.2, -0.15) is 0 Å². The van der Waals surface area contributed by atoms with Crippen LogP contribution in [0.4, 0.5) is 0 Å². The number of ether oxygens (including phenoxy) is 1. The van der Waals surface area contributed by atoms with Crippen molar-refractivity contribution in [2.24, 2.45) is 5.92 Å². The number of nitrogens with zero attached hydrogens (tertiary/aromatic N) is 1. The van der Waals surface area contributed by atoms with Crippen LogP contribution in [-0.2, 0) is 31.4 Å². The Balaban J connectivity index is 1.32. The third kappa shape index (κ3) is 6.26. The van der Waals surface area contributed by atoms with Crippen molar-refractivity contribution in [3.63, 3.8) is 0 Å². The number of amides is 1. The summed E-state index contributed by atoms with van der Waals surface area (Å²) in [4.78, 5) is 13.1. The zero-order valence-corrected chi connectivity index (χ0v) is 20.6. The van der Waals surface area contributed by atoms with Crippen LogP contribution in [0.5, 0.6) is 0 Å². The molecule has 6 nitrogen and oxygen atoms in total. The molecule has 0 radical (unpaired) electrons. The number of hydrogen-bond acceptors (Lipinski definition) is 4. The highest BCUT2D eigenvalue weighted by atomic mass is 32.2. The fourth-order valence-corrected chi connectivity index (χ4v) is 6.75. The van der Waals surface area contributed by atoms with Crippen molar-refractivity contribution >= 4 is 15.9 Å². The van der Waals surface area contributed by atoms with Crippen LogP contribution in [0.3, 0.4) is 0 Å². The van der Waals surface area contributed by atoms with E-state index < -0.39 is 10.0 Å². The van der Waals surface area contributed by atoms with Crippen molar-refractivity contribution in [2.75, 3.05) is 38.6 Å². The van der Waals surface area contributed by atoms with E-state index in [0.717, 1.165) is 31.2 Å². The summed E-state index contributed by atoms with van der Waals surface area (Å²) < 4.78 is 33.1. The van der Waals surface area contributed by atoms with Crippen molar-refractivity contribution in [2.45, 2.75) is 43.9 Å². The highest BCUT2D eigenvalue weighted by Crippen LogP contribution is 2.34. The lowest BCUT2D eigenvalue weighted by Gasteiger charge is -2.38. The molecule has 0 aromatic heterocycles. The van der Waals surface area contributed by atoms with E-state index in [1.165, 1.54) is 9.87 Å². The third-order valence-corrected chi connectivity index (χ3v) is 9.22. The molecule has 0 saturated carbocycles. The fourth-order valence-electron chi connectivity index (χ4n) is 5.16. The summed E-state index contributed by atoms with van der Waals surface area (Å²) in [7, 11) is -3.37. The quantitative estimate of drug-likeness (QED) is 0.591. The van der Waals surface area contributed by atoms with Gasteiger partial charge in [0.25, 0.3) is 0 Å². The number of carbonyl (C=O) groups excluding carboxylic acids is 1. The molecule has 2 aromatic rings. The topological polar surface area (TPSA) is 75.7 Å². The van der Waals surface area contributed by atoms with Crippen LogP contribution in [0.25, 0.3) is 0 Å². The van der Waals surface area contributed by atoms with Gasteiger partial charge in [-0.1, -0.05) is 60.7 Å². The maximum Gasteiger partial charge on any atom is 0.224 e. The molecule has 2 heterocycles. The van der Waals surface area contributed by atoms with Crippen LogP contribution in [0, 0.1) is 5.92 Å². The Hall–Kier alpha value is -2.22. The van der Waals surface area contributed by atoms with Gasteiger partial charge < -0.3 is 10.1 Å². The Morgan fingerprint density at radius 2 is 1.71 bits per heavy atom. The Labute approximate surface area is 203 Å². The van der Waals surface area contributed by atoms with E-state index in [1.807, 2.05) is 48.5 Å². The lowest BCUT2D eigenvalue weighted by molar-refractivity contribution is -0.126. The molecule has 0 unspecified atom stereocenters. The molecule has 7 heteroatoms. The summed E-state index contributed by atoms with van der Waals surface area (Å²) in [5, 5.41) is 3.18. The molecule has 2 aromatic carbocycles. The second kappa shape index (κ2) is 11.5. The maximum atomic E-state index is 13.1. The number of benzene rings is 2. The normalized spacial score (nSPS) is 21.1. The molecule has 0 aliphatic carbocycles. The largest absolute Gasteiger partial charge is 0.381 e. The standard InChI is InChI=1S/C27H36N2O4S/c30-26(28-22-27(15-18-33-19-16-27)25-13-5-2-6-14-25)24-12-7-17-29(21-24)34(31,32)20-8-11-23-9-3-1-4-10-23/h1-6,9-10,13-14,24H,7-8,11-12,15-22H2,(H,28,30)/t24-/m1/s1. The van der Waals surface area contributed by atoms with Crippen LogP contribution in [0.1, 0.15) is 43.2 Å². The molecule has 1 N–H and O–H groups in total. The number of nitrogens with one attached hydrogen (secondary N) is 1. The molecule has 1 atom stereocenters. The minimum Gasteiger partial charge on any atom is -0.381 e. The number of sulfonamides is 1. The SMILES string of the molecule is O=C(NCC1(c2ccccc2)CCOCC1)[C@@H]1CCCN(S(=O)(=O)CCCc2ccccc2)C1. The predicted octanol–water partition coefficient (Wildman–Crippen LogP) is 3.53. The summed E-state index contributed by atoms with van der Waals surface area (Å²) in [6.07, 6.45) is 4.50. The minimum atomic E-state index is -3.37. The van der Waals surface area contributed by atoms with Gasteiger partial charge in [0, 0.05) is 38.3 Å². The molecule has 0 spiro atoms. The Bertz CT molecular complexity index is 1020. The maximum absolute atomic E-state index is 13.1. The zero-order chi connectivity index (χ0) is 23.9. The van der Waals surface area contributed by atoms with Crippen molar-refractivity contribution in [3.05, 3.63) is 71.8 Å². The van der Waals surface area contributed by atoms with Crippen LogP contribution in [-0.4, -0.2) is 57.2 Å². The van der Waals surface area contributed by atoms with Crippen molar-refractivity contribution in [1.82, 2.24) is 9.62 Å². The van der Waals surface area contributed by atoms with Crippen LogP contribution in [0.15, 0.2) is 60.7 Å². The van der Waals surface area contributed by atoms with Gasteiger partial charge in [0.05, 0.1) is 11.7 Å². The summed E-state index contributed by atoms with van der Waals surface area (Å²) in [5.41, 5.74) is 2.24. The van der Waals surface area contributed by atoms with E-state index >= 15 is 0 Å². The average Bonchev–Trinajstić information content (AvgIpc) is 2.89. The number of rotatable bonds is 9. The van der Waals surface area contributed by atoms with Crippen molar-refractivity contribution in [1.29, 1.82) is 0 Å². The first kappa shape index (κ1) is 24.9. The Kier molecular flexibility index (Phi) is 8.40. The fraction of sp³-hybridized carbons (Fsp3) is 0.519. The summed E-state index contributed by atoms with van der Waals surface area (Å²) >= 11 is 0. The first-order valence-electron chi connectivity index (χ1n) is 12.4. The Morgan fingerprint density at radius 3 is 2.41 bits per heavy atom. The van der Waals surface area contributed by atoms with E-state index in [9.17, 15) is 13.2 Å². The number of hydrogen-bond donors (Lipinski definition) is 1. The van der Waals surface area contributed by atoms with Gasteiger partial charge in [-0.05, 0) is 49.7 Å². The van der Waals surface area contributed by atoms with Crippen molar-refractivity contribution in [3.8, 4) is 0 Å². The smallest absolute Gasteiger partial charge is 0.224 e. The van der Waals surface area contributed by atoms with Gasteiger partial charge in [0.15, 0.2) is 0 Å². The lowest BCUT2D eigenvalue weighted by Crippen LogP contribution is -2.49.